The third-order valence-corrected chi connectivity index (χ3v) is 6.49. The molecule has 0 N–H and O–H groups in total. The van der Waals surface area contributed by atoms with Gasteiger partial charge in [0.2, 0.25) is 0 Å². The van der Waals surface area contributed by atoms with Crippen LogP contribution in [0.25, 0.3) is 0 Å². The molecule has 2 saturated heterocycles. The van der Waals surface area contributed by atoms with Crippen LogP contribution in [0.1, 0.15) is 41.2 Å². The van der Waals surface area contributed by atoms with E-state index in [0.29, 0.717) is 6.54 Å². The quantitative estimate of drug-likeness (QED) is 0.758. The lowest BCUT2D eigenvalue weighted by Crippen LogP contribution is -2.50. The van der Waals surface area contributed by atoms with Crippen molar-refractivity contribution >= 4 is 11.7 Å². The Morgan fingerprint density at radius 2 is 2.00 bits per heavy atom. The minimum Gasteiger partial charge on any atom is -0.356 e. The van der Waals surface area contributed by atoms with Gasteiger partial charge in [-0.1, -0.05) is 6.07 Å². The number of rotatable bonds is 2. The van der Waals surface area contributed by atoms with Gasteiger partial charge in [0, 0.05) is 50.4 Å². The van der Waals surface area contributed by atoms with Crippen LogP contribution in [0.4, 0.5) is 14.6 Å². The first kappa shape index (κ1) is 19.2. The largest absolute Gasteiger partial charge is 0.356 e. The van der Waals surface area contributed by atoms with Crippen molar-refractivity contribution in [2.24, 2.45) is 5.92 Å². The number of piperidine rings is 2. The molecule has 3 aliphatic rings. The fourth-order valence-electron chi connectivity index (χ4n) is 5.15. The Kier molecular flexibility index (Phi) is 4.60. The van der Waals surface area contributed by atoms with Crippen molar-refractivity contribution in [1.29, 1.82) is 0 Å². The Balaban J connectivity index is 1.42. The lowest BCUT2D eigenvalue weighted by molar-refractivity contribution is -0.0560. The van der Waals surface area contributed by atoms with Crippen molar-refractivity contribution in [3.63, 3.8) is 0 Å². The summed E-state index contributed by atoms with van der Waals surface area (Å²) in [6, 6.07) is 9.21. The number of amides is 1. The summed E-state index contributed by atoms with van der Waals surface area (Å²) in [7, 11) is 0. The van der Waals surface area contributed by atoms with Crippen LogP contribution in [0.3, 0.4) is 0 Å². The standard InChI is InChI=1S/C22H24F2N4O2/c23-22(24)7-3-9-26(14-22)20(29)17-5-6-18-16-10-15(12-28(18)21(17)30)11-27(13-16)19-4-1-2-8-25-19/h1-2,4-6,8,15-16H,3,7,9-14H2/t15-,16+/m0/s1. The fraction of sp³-hybridized carbons (Fsp3) is 0.500. The molecule has 8 heteroatoms. The maximum Gasteiger partial charge on any atom is 0.265 e. The molecule has 0 aliphatic carbocycles. The molecule has 30 heavy (non-hydrogen) atoms. The Morgan fingerprint density at radius 3 is 2.77 bits per heavy atom. The van der Waals surface area contributed by atoms with Gasteiger partial charge in [0.1, 0.15) is 11.4 Å². The predicted molar refractivity (Wildman–Crippen MR) is 108 cm³/mol. The lowest BCUT2D eigenvalue weighted by atomic mass is 9.83. The van der Waals surface area contributed by atoms with Crippen molar-refractivity contribution in [1.82, 2.24) is 14.5 Å². The molecule has 2 atom stereocenters. The first-order valence-electron chi connectivity index (χ1n) is 10.5. The minimum absolute atomic E-state index is 0.00185. The summed E-state index contributed by atoms with van der Waals surface area (Å²) in [5.74, 6) is -2.08. The Hall–Kier alpha value is -2.77. The van der Waals surface area contributed by atoms with Crippen molar-refractivity contribution < 1.29 is 13.6 Å². The highest BCUT2D eigenvalue weighted by molar-refractivity contribution is 5.94. The number of fused-ring (bicyclic) bond motifs is 4. The van der Waals surface area contributed by atoms with Crippen LogP contribution < -0.4 is 10.5 Å². The third kappa shape index (κ3) is 3.38. The van der Waals surface area contributed by atoms with Gasteiger partial charge in [0.25, 0.3) is 17.4 Å². The van der Waals surface area contributed by atoms with Crippen LogP contribution in [-0.2, 0) is 6.54 Å². The predicted octanol–water partition coefficient (Wildman–Crippen LogP) is 2.74. The van der Waals surface area contributed by atoms with E-state index < -0.39 is 18.4 Å². The highest BCUT2D eigenvalue weighted by Crippen LogP contribution is 2.36. The average molecular weight is 414 g/mol. The molecule has 0 saturated carbocycles. The van der Waals surface area contributed by atoms with Crippen LogP contribution in [0.15, 0.2) is 41.3 Å². The van der Waals surface area contributed by atoms with Crippen LogP contribution >= 0.6 is 0 Å². The maximum absolute atomic E-state index is 13.8. The molecule has 0 radical (unpaired) electrons. The second-order valence-corrected chi connectivity index (χ2v) is 8.67. The first-order chi connectivity index (χ1) is 14.4. The van der Waals surface area contributed by atoms with Gasteiger partial charge < -0.3 is 14.4 Å². The summed E-state index contributed by atoms with van der Waals surface area (Å²) in [6.07, 6.45) is 2.81. The van der Waals surface area contributed by atoms with Crippen LogP contribution in [0.2, 0.25) is 0 Å². The summed E-state index contributed by atoms with van der Waals surface area (Å²) in [5.41, 5.74) is 0.558. The van der Waals surface area contributed by atoms with Gasteiger partial charge >= 0.3 is 0 Å². The highest BCUT2D eigenvalue weighted by Gasteiger charge is 2.39. The SMILES string of the molecule is O=C(c1ccc2n(c1=O)C[C@H]1C[C@@H]2CN(c2ccccn2)C1)N1CCCC(F)(F)C1. The number of nitrogens with zero attached hydrogens (tertiary/aromatic N) is 4. The van der Waals surface area contributed by atoms with E-state index in [9.17, 15) is 18.4 Å². The highest BCUT2D eigenvalue weighted by atomic mass is 19.3. The Morgan fingerprint density at radius 1 is 1.13 bits per heavy atom. The molecule has 5 rings (SSSR count). The number of carbonyl (C=O) groups is 1. The minimum atomic E-state index is -2.88. The third-order valence-electron chi connectivity index (χ3n) is 6.49. The Labute approximate surface area is 173 Å². The number of aromatic nitrogens is 2. The topological polar surface area (TPSA) is 58.4 Å². The van der Waals surface area contributed by atoms with Crippen LogP contribution in [0, 0.1) is 5.92 Å². The van der Waals surface area contributed by atoms with E-state index >= 15 is 0 Å². The van der Waals surface area contributed by atoms with Crippen molar-refractivity contribution in [2.45, 2.75) is 37.6 Å². The van der Waals surface area contributed by atoms with Gasteiger partial charge in [-0.3, -0.25) is 9.59 Å². The zero-order chi connectivity index (χ0) is 20.9. The summed E-state index contributed by atoms with van der Waals surface area (Å²) in [4.78, 5) is 33.8. The molecule has 0 spiro atoms. The van der Waals surface area contributed by atoms with Gasteiger partial charge in [-0.2, -0.15) is 0 Å². The Bertz CT molecular complexity index is 1020. The summed E-state index contributed by atoms with van der Waals surface area (Å²) in [6.45, 7) is 1.75. The van der Waals surface area contributed by atoms with E-state index in [-0.39, 0.29) is 42.3 Å². The molecule has 2 aromatic heterocycles. The summed E-state index contributed by atoms with van der Waals surface area (Å²) < 4.78 is 29.2. The number of anilines is 1. The molecule has 2 bridgehead atoms. The molecule has 0 aromatic carbocycles. The molecular weight excluding hydrogens is 390 g/mol. The number of alkyl halides is 2. The lowest BCUT2D eigenvalue weighted by Gasteiger charge is -2.43. The van der Waals surface area contributed by atoms with Crippen molar-refractivity contribution in [3.8, 4) is 0 Å². The molecule has 5 heterocycles. The maximum atomic E-state index is 13.8. The normalized spacial score (nSPS) is 25.0. The fourth-order valence-corrected chi connectivity index (χ4v) is 5.15. The van der Waals surface area contributed by atoms with Gasteiger partial charge in [0.05, 0.1) is 6.54 Å². The first-order valence-corrected chi connectivity index (χ1v) is 10.5. The molecule has 2 fully saturated rings. The van der Waals surface area contributed by atoms with Gasteiger partial charge in [-0.25, -0.2) is 13.8 Å². The second-order valence-electron chi connectivity index (χ2n) is 8.67. The molecule has 6 nitrogen and oxygen atoms in total. The average Bonchev–Trinajstić information content (AvgIpc) is 2.74. The molecule has 158 valence electrons. The van der Waals surface area contributed by atoms with E-state index in [2.05, 4.69) is 9.88 Å². The number of carbonyl (C=O) groups excluding carboxylic acids is 1. The van der Waals surface area contributed by atoms with E-state index in [0.717, 1.165) is 35.9 Å². The number of pyridine rings is 2. The van der Waals surface area contributed by atoms with E-state index in [4.69, 9.17) is 0 Å². The van der Waals surface area contributed by atoms with Crippen molar-refractivity contribution in [3.05, 3.63) is 58.1 Å². The molecule has 2 aromatic rings. The van der Waals surface area contributed by atoms with E-state index in [1.807, 2.05) is 24.3 Å². The summed E-state index contributed by atoms with van der Waals surface area (Å²) >= 11 is 0. The van der Waals surface area contributed by atoms with Gasteiger partial charge in [-0.05, 0) is 43.0 Å². The number of likely N-dealkylation sites (tertiary alicyclic amines) is 1. The van der Waals surface area contributed by atoms with Crippen LogP contribution in [-0.4, -0.2) is 52.5 Å². The van der Waals surface area contributed by atoms with Crippen molar-refractivity contribution in [2.75, 3.05) is 31.1 Å². The molecule has 1 amide bonds. The zero-order valence-corrected chi connectivity index (χ0v) is 16.6. The molecule has 0 unspecified atom stereocenters. The second kappa shape index (κ2) is 7.18. The molecular formula is C22H24F2N4O2. The van der Waals surface area contributed by atoms with E-state index in [1.54, 1.807) is 10.8 Å². The number of hydrogen-bond acceptors (Lipinski definition) is 4. The zero-order valence-electron chi connectivity index (χ0n) is 16.6. The smallest absolute Gasteiger partial charge is 0.265 e. The van der Waals surface area contributed by atoms with Crippen LogP contribution in [0.5, 0.6) is 0 Å². The van der Waals surface area contributed by atoms with Gasteiger partial charge in [-0.15, -0.1) is 0 Å². The number of halogens is 2. The van der Waals surface area contributed by atoms with Gasteiger partial charge in [0.15, 0.2) is 0 Å². The van der Waals surface area contributed by atoms with E-state index in [1.165, 1.54) is 6.07 Å². The monoisotopic (exact) mass is 414 g/mol. The number of hydrogen-bond donors (Lipinski definition) is 0. The summed E-state index contributed by atoms with van der Waals surface area (Å²) in [5, 5.41) is 0. The molecule has 3 aliphatic heterocycles.